The van der Waals surface area contributed by atoms with E-state index in [1.54, 1.807) is 54.5 Å². The summed E-state index contributed by atoms with van der Waals surface area (Å²) < 4.78 is 12.6. The highest BCUT2D eigenvalue weighted by molar-refractivity contribution is 7.13. The van der Waals surface area contributed by atoms with Crippen molar-refractivity contribution in [2.24, 2.45) is 0 Å². The molecule has 172 valence electrons. The normalized spacial score (nSPS) is 14.9. The Bertz CT molecular complexity index is 1360. The van der Waals surface area contributed by atoms with E-state index in [1.807, 2.05) is 48.7 Å². The van der Waals surface area contributed by atoms with Crippen LogP contribution in [0.1, 0.15) is 18.5 Å². The molecule has 0 radical (unpaired) electrons. The van der Waals surface area contributed by atoms with Gasteiger partial charge in [-0.05, 0) is 48.7 Å². The van der Waals surface area contributed by atoms with Gasteiger partial charge >= 0.3 is 0 Å². The number of anilines is 2. The van der Waals surface area contributed by atoms with E-state index in [2.05, 4.69) is 10.6 Å². The Morgan fingerprint density at radius 2 is 1.85 bits per heavy atom. The highest BCUT2D eigenvalue weighted by atomic mass is 32.1. The summed E-state index contributed by atoms with van der Waals surface area (Å²) in [5, 5.41) is 13.0. The zero-order valence-corrected chi connectivity index (χ0v) is 19.7. The number of allylic oxidation sites excluding steroid dienone is 1. The third-order valence-corrected chi connectivity index (χ3v) is 6.49. The topological polar surface area (TPSA) is 90.3 Å². The molecule has 2 N–H and O–H groups in total. The molecular formula is C25H23N5O3S. The van der Waals surface area contributed by atoms with Crippen LogP contribution in [-0.4, -0.2) is 34.9 Å². The van der Waals surface area contributed by atoms with Crippen molar-refractivity contribution in [2.75, 3.05) is 24.9 Å². The Morgan fingerprint density at radius 1 is 1.06 bits per heavy atom. The van der Waals surface area contributed by atoms with E-state index in [0.717, 1.165) is 10.4 Å². The van der Waals surface area contributed by atoms with Crippen LogP contribution in [0, 0.1) is 0 Å². The summed E-state index contributed by atoms with van der Waals surface area (Å²) in [6.07, 6.45) is 0. The number of aromatic nitrogens is 3. The van der Waals surface area contributed by atoms with Crippen LogP contribution in [0.25, 0.3) is 10.7 Å². The van der Waals surface area contributed by atoms with Crippen molar-refractivity contribution in [1.29, 1.82) is 0 Å². The maximum Gasteiger partial charge on any atom is 0.255 e. The molecule has 2 aromatic heterocycles. The van der Waals surface area contributed by atoms with Gasteiger partial charge in [0.05, 0.1) is 24.7 Å². The molecule has 0 unspecified atom stereocenters. The van der Waals surface area contributed by atoms with Gasteiger partial charge in [0.2, 0.25) is 5.95 Å². The van der Waals surface area contributed by atoms with Gasteiger partial charge in [-0.1, -0.05) is 24.3 Å². The Morgan fingerprint density at radius 3 is 2.56 bits per heavy atom. The lowest BCUT2D eigenvalue weighted by Gasteiger charge is -2.29. The van der Waals surface area contributed by atoms with Gasteiger partial charge in [0, 0.05) is 16.9 Å². The highest BCUT2D eigenvalue weighted by Crippen LogP contribution is 2.40. The van der Waals surface area contributed by atoms with E-state index >= 15 is 0 Å². The summed E-state index contributed by atoms with van der Waals surface area (Å²) >= 11 is 1.56. The standard InChI is InChI=1S/C25H23N5O3S/c1-15-21(24(31)27-16-10-12-17(32-2)13-11-16)22(18-7-4-5-8-19(18)33-3)30-25(26-15)28-23(29-30)20-9-6-14-34-20/h4-14,22H,1-3H3,(H,27,31)(H,26,28,29)/t22-/m1/s1. The number of amides is 1. The van der Waals surface area contributed by atoms with E-state index in [9.17, 15) is 4.79 Å². The van der Waals surface area contributed by atoms with Crippen molar-refractivity contribution in [1.82, 2.24) is 14.8 Å². The van der Waals surface area contributed by atoms with Crippen LogP contribution in [-0.2, 0) is 4.79 Å². The summed E-state index contributed by atoms with van der Waals surface area (Å²) in [6, 6.07) is 18.2. The summed E-state index contributed by atoms with van der Waals surface area (Å²) in [5.41, 5.74) is 2.69. The molecule has 8 nitrogen and oxygen atoms in total. The lowest BCUT2D eigenvalue weighted by molar-refractivity contribution is -0.113. The summed E-state index contributed by atoms with van der Waals surface area (Å²) in [4.78, 5) is 19.3. The maximum atomic E-state index is 13.6. The first-order chi connectivity index (χ1) is 16.6. The molecule has 1 atom stereocenters. The number of hydrogen-bond donors (Lipinski definition) is 2. The zero-order chi connectivity index (χ0) is 23.7. The minimum absolute atomic E-state index is 0.245. The molecule has 4 aromatic rings. The fraction of sp³-hybridized carbons (Fsp3) is 0.160. The first kappa shape index (κ1) is 21.7. The van der Waals surface area contributed by atoms with E-state index in [0.29, 0.717) is 40.2 Å². The molecule has 0 saturated heterocycles. The van der Waals surface area contributed by atoms with Crippen LogP contribution in [0.15, 0.2) is 77.3 Å². The van der Waals surface area contributed by atoms with Crippen molar-refractivity contribution in [3.63, 3.8) is 0 Å². The third-order valence-electron chi connectivity index (χ3n) is 5.62. The monoisotopic (exact) mass is 473 g/mol. The number of carbonyl (C=O) groups excluding carboxylic acids is 1. The smallest absolute Gasteiger partial charge is 0.255 e. The largest absolute Gasteiger partial charge is 0.497 e. The first-order valence-electron chi connectivity index (χ1n) is 10.7. The molecule has 0 spiro atoms. The van der Waals surface area contributed by atoms with Crippen LogP contribution in [0.4, 0.5) is 11.6 Å². The van der Waals surface area contributed by atoms with E-state index in [-0.39, 0.29) is 5.91 Å². The Balaban J connectivity index is 1.59. The summed E-state index contributed by atoms with van der Waals surface area (Å²) in [7, 11) is 3.22. The second-order valence-corrected chi connectivity index (χ2v) is 8.62. The molecule has 0 fully saturated rings. The third kappa shape index (κ3) is 3.90. The van der Waals surface area contributed by atoms with Crippen LogP contribution in [0.3, 0.4) is 0 Å². The van der Waals surface area contributed by atoms with E-state index in [1.165, 1.54) is 0 Å². The van der Waals surface area contributed by atoms with Gasteiger partial charge in [0.25, 0.3) is 5.91 Å². The molecule has 1 amide bonds. The second kappa shape index (κ2) is 9.03. The number of hydrogen-bond acceptors (Lipinski definition) is 7. The number of para-hydroxylation sites is 1. The van der Waals surface area contributed by atoms with Gasteiger partial charge in [0.1, 0.15) is 17.5 Å². The molecule has 2 aromatic carbocycles. The fourth-order valence-electron chi connectivity index (χ4n) is 4.01. The number of benzene rings is 2. The van der Waals surface area contributed by atoms with Crippen LogP contribution < -0.4 is 20.1 Å². The van der Waals surface area contributed by atoms with Crippen molar-refractivity contribution < 1.29 is 14.3 Å². The maximum absolute atomic E-state index is 13.6. The first-order valence-corrected chi connectivity index (χ1v) is 11.5. The lowest BCUT2D eigenvalue weighted by atomic mass is 9.94. The summed E-state index contributed by atoms with van der Waals surface area (Å²) in [6.45, 7) is 1.87. The molecule has 0 bridgehead atoms. The highest BCUT2D eigenvalue weighted by Gasteiger charge is 2.36. The van der Waals surface area contributed by atoms with Crippen molar-refractivity contribution in [3.8, 4) is 22.2 Å². The number of fused-ring (bicyclic) bond motifs is 1. The number of carbonyl (C=O) groups is 1. The minimum atomic E-state index is -0.535. The average molecular weight is 474 g/mol. The number of methoxy groups -OCH3 is 2. The van der Waals surface area contributed by atoms with Gasteiger partial charge < -0.3 is 20.1 Å². The van der Waals surface area contributed by atoms with E-state index < -0.39 is 6.04 Å². The summed E-state index contributed by atoms with van der Waals surface area (Å²) in [5.74, 6) is 2.30. The fourth-order valence-corrected chi connectivity index (χ4v) is 4.66. The second-order valence-electron chi connectivity index (χ2n) is 7.67. The van der Waals surface area contributed by atoms with Crippen molar-refractivity contribution >= 4 is 28.9 Å². The molecule has 0 aliphatic carbocycles. The van der Waals surface area contributed by atoms with Gasteiger partial charge in [-0.25, -0.2) is 4.68 Å². The number of ether oxygens (including phenoxy) is 2. The van der Waals surface area contributed by atoms with Crippen LogP contribution in [0.5, 0.6) is 11.5 Å². The molecule has 1 aliphatic rings. The molecular weight excluding hydrogens is 450 g/mol. The minimum Gasteiger partial charge on any atom is -0.497 e. The number of nitrogens with one attached hydrogen (secondary N) is 2. The Hall–Kier alpha value is -4.11. The average Bonchev–Trinajstić information content (AvgIpc) is 3.53. The zero-order valence-electron chi connectivity index (χ0n) is 18.9. The SMILES string of the molecule is COc1ccc(NC(=O)C2=C(C)Nc3nc(-c4cccs4)nn3[C@@H]2c2ccccc2OC)cc1. The predicted molar refractivity (Wildman–Crippen MR) is 132 cm³/mol. The van der Waals surface area contributed by atoms with Gasteiger partial charge in [-0.3, -0.25) is 4.79 Å². The molecule has 34 heavy (non-hydrogen) atoms. The quantitative estimate of drug-likeness (QED) is 0.412. The molecule has 0 saturated carbocycles. The van der Waals surface area contributed by atoms with Gasteiger partial charge in [-0.2, -0.15) is 4.98 Å². The molecule has 1 aliphatic heterocycles. The van der Waals surface area contributed by atoms with Gasteiger partial charge in [-0.15, -0.1) is 16.4 Å². The Kier molecular flexibility index (Phi) is 5.77. The van der Waals surface area contributed by atoms with Crippen molar-refractivity contribution in [2.45, 2.75) is 13.0 Å². The Labute approximate surface area is 200 Å². The van der Waals surface area contributed by atoms with Gasteiger partial charge in [0.15, 0.2) is 5.82 Å². The van der Waals surface area contributed by atoms with Crippen LogP contribution >= 0.6 is 11.3 Å². The number of thiophene rings is 1. The molecule has 9 heteroatoms. The number of nitrogens with zero attached hydrogens (tertiary/aromatic N) is 3. The van der Waals surface area contributed by atoms with Crippen LogP contribution in [0.2, 0.25) is 0 Å². The lowest BCUT2D eigenvalue weighted by Crippen LogP contribution is -2.31. The number of rotatable bonds is 6. The predicted octanol–water partition coefficient (Wildman–Crippen LogP) is 4.95. The van der Waals surface area contributed by atoms with Crippen molar-refractivity contribution in [3.05, 3.63) is 82.9 Å². The molecule has 3 heterocycles. The molecule has 5 rings (SSSR count). The van der Waals surface area contributed by atoms with E-state index in [4.69, 9.17) is 19.6 Å².